The predicted molar refractivity (Wildman–Crippen MR) is 59.5 cm³/mol. The van der Waals surface area contributed by atoms with Crippen LogP contribution in [-0.2, 0) is 9.53 Å². The Bertz CT molecular complexity index is 264. The number of hydrogen-bond acceptors (Lipinski definition) is 2. The van der Waals surface area contributed by atoms with Crippen LogP contribution >= 0.6 is 0 Å². The standard InChI is InChI=1S/C13H22O2/c1-12(2,3)15-11(14)9-13-7-5-4-6-10(13)8-13/h10H,4-9H2,1-3H3. The Morgan fingerprint density at radius 1 is 1.40 bits per heavy atom. The molecule has 0 saturated heterocycles. The van der Waals surface area contributed by atoms with Gasteiger partial charge in [0.2, 0.25) is 0 Å². The first-order valence-corrected chi connectivity index (χ1v) is 6.13. The largest absolute Gasteiger partial charge is 0.460 e. The molecular formula is C13H22O2. The summed E-state index contributed by atoms with van der Waals surface area (Å²) in [6, 6.07) is 0. The van der Waals surface area contributed by atoms with Gasteiger partial charge < -0.3 is 4.74 Å². The lowest BCUT2D eigenvalue weighted by atomic mass is 9.86. The van der Waals surface area contributed by atoms with Crippen molar-refractivity contribution >= 4 is 5.97 Å². The number of esters is 1. The number of carbonyl (C=O) groups excluding carboxylic acids is 1. The van der Waals surface area contributed by atoms with Gasteiger partial charge in [0.1, 0.15) is 5.60 Å². The Labute approximate surface area is 92.4 Å². The van der Waals surface area contributed by atoms with E-state index in [0.29, 0.717) is 11.8 Å². The van der Waals surface area contributed by atoms with Crippen LogP contribution in [-0.4, -0.2) is 11.6 Å². The Morgan fingerprint density at radius 2 is 2.13 bits per heavy atom. The maximum atomic E-state index is 11.7. The third kappa shape index (κ3) is 2.53. The molecule has 0 bridgehead atoms. The molecule has 2 aliphatic carbocycles. The first-order valence-electron chi connectivity index (χ1n) is 6.13. The van der Waals surface area contributed by atoms with Gasteiger partial charge in [0, 0.05) is 0 Å². The second-order valence-corrected chi connectivity index (χ2v) is 6.27. The predicted octanol–water partition coefficient (Wildman–Crippen LogP) is 3.30. The van der Waals surface area contributed by atoms with Crippen molar-refractivity contribution in [3.63, 3.8) is 0 Å². The SMILES string of the molecule is CC(C)(C)OC(=O)CC12CCCCC1C2. The fraction of sp³-hybridized carbons (Fsp3) is 0.923. The van der Waals surface area contributed by atoms with Crippen molar-refractivity contribution in [1.29, 1.82) is 0 Å². The average molecular weight is 210 g/mol. The number of fused-ring (bicyclic) bond motifs is 1. The molecule has 2 rings (SSSR count). The highest BCUT2D eigenvalue weighted by Crippen LogP contribution is 2.63. The number of rotatable bonds is 2. The molecule has 2 aliphatic rings. The van der Waals surface area contributed by atoms with Gasteiger partial charge in [-0.2, -0.15) is 0 Å². The van der Waals surface area contributed by atoms with Crippen LogP contribution in [0.4, 0.5) is 0 Å². The molecule has 0 heterocycles. The molecule has 15 heavy (non-hydrogen) atoms. The van der Waals surface area contributed by atoms with Gasteiger partial charge in [-0.15, -0.1) is 0 Å². The Balaban J connectivity index is 1.85. The van der Waals surface area contributed by atoms with Crippen LogP contribution in [0.5, 0.6) is 0 Å². The first kappa shape index (κ1) is 11.0. The third-order valence-corrected chi connectivity index (χ3v) is 3.75. The molecule has 0 spiro atoms. The van der Waals surface area contributed by atoms with E-state index in [9.17, 15) is 4.79 Å². The van der Waals surface area contributed by atoms with Gasteiger partial charge in [-0.25, -0.2) is 0 Å². The molecule has 2 fully saturated rings. The third-order valence-electron chi connectivity index (χ3n) is 3.75. The van der Waals surface area contributed by atoms with Crippen LogP contribution in [0.1, 0.15) is 59.3 Å². The lowest BCUT2D eigenvalue weighted by molar-refractivity contribution is -0.156. The molecule has 0 aromatic carbocycles. The van der Waals surface area contributed by atoms with Crippen LogP contribution in [0.2, 0.25) is 0 Å². The van der Waals surface area contributed by atoms with Crippen molar-refractivity contribution in [3.8, 4) is 0 Å². The monoisotopic (exact) mass is 210 g/mol. The maximum absolute atomic E-state index is 11.7. The van der Waals surface area contributed by atoms with Crippen molar-refractivity contribution in [1.82, 2.24) is 0 Å². The van der Waals surface area contributed by atoms with E-state index >= 15 is 0 Å². The Morgan fingerprint density at radius 3 is 2.73 bits per heavy atom. The highest BCUT2D eigenvalue weighted by atomic mass is 16.6. The van der Waals surface area contributed by atoms with Gasteiger partial charge in [-0.05, 0) is 51.4 Å². The first-order chi connectivity index (χ1) is 6.91. The minimum Gasteiger partial charge on any atom is -0.460 e. The van der Waals surface area contributed by atoms with Gasteiger partial charge in [0.25, 0.3) is 0 Å². The molecule has 86 valence electrons. The molecule has 2 nitrogen and oxygen atoms in total. The summed E-state index contributed by atoms with van der Waals surface area (Å²) in [4.78, 5) is 11.7. The van der Waals surface area contributed by atoms with Crippen LogP contribution in [0.3, 0.4) is 0 Å². The second kappa shape index (κ2) is 3.50. The smallest absolute Gasteiger partial charge is 0.306 e. The van der Waals surface area contributed by atoms with Crippen LogP contribution in [0.25, 0.3) is 0 Å². The summed E-state index contributed by atoms with van der Waals surface area (Å²) in [6.07, 6.45) is 7.18. The Kier molecular flexibility index (Phi) is 2.56. The number of carbonyl (C=O) groups is 1. The van der Waals surface area contributed by atoms with E-state index < -0.39 is 0 Å². The molecular weight excluding hydrogens is 188 g/mol. The van der Waals surface area contributed by atoms with Crippen LogP contribution in [0, 0.1) is 11.3 Å². The van der Waals surface area contributed by atoms with Gasteiger partial charge in [-0.1, -0.05) is 12.8 Å². The summed E-state index contributed by atoms with van der Waals surface area (Å²) >= 11 is 0. The molecule has 0 aromatic heterocycles. The normalized spacial score (nSPS) is 34.5. The quantitative estimate of drug-likeness (QED) is 0.654. The highest BCUT2D eigenvalue weighted by Gasteiger charge is 2.55. The molecule has 0 amide bonds. The van der Waals surface area contributed by atoms with Crippen molar-refractivity contribution in [2.45, 2.75) is 64.9 Å². The van der Waals surface area contributed by atoms with E-state index in [-0.39, 0.29) is 11.6 Å². The molecule has 0 aliphatic heterocycles. The fourth-order valence-electron chi connectivity index (χ4n) is 2.98. The lowest BCUT2D eigenvalue weighted by Gasteiger charge is -2.24. The minimum absolute atomic E-state index is 0.00639. The van der Waals surface area contributed by atoms with Crippen molar-refractivity contribution in [3.05, 3.63) is 0 Å². The zero-order valence-electron chi connectivity index (χ0n) is 10.1. The van der Waals surface area contributed by atoms with E-state index in [1.807, 2.05) is 20.8 Å². The summed E-state index contributed by atoms with van der Waals surface area (Å²) in [6.45, 7) is 5.81. The van der Waals surface area contributed by atoms with Crippen molar-refractivity contribution in [2.75, 3.05) is 0 Å². The molecule has 2 heteroatoms. The summed E-state index contributed by atoms with van der Waals surface area (Å²) in [5, 5.41) is 0. The number of ether oxygens (including phenoxy) is 1. The van der Waals surface area contributed by atoms with Crippen molar-refractivity contribution < 1.29 is 9.53 Å². The lowest BCUT2D eigenvalue weighted by Crippen LogP contribution is -2.26. The maximum Gasteiger partial charge on any atom is 0.306 e. The average Bonchev–Trinajstić information content (AvgIpc) is 2.73. The fourth-order valence-corrected chi connectivity index (χ4v) is 2.98. The van der Waals surface area contributed by atoms with Gasteiger partial charge in [0.05, 0.1) is 6.42 Å². The van der Waals surface area contributed by atoms with E-state index in [1.165, 1.54) is 32.1 Å². The molecule has 0 N–H and O–H groups in total. The van der Waals surface area contributed by atoms with E-state index in [4.69, 9.17) is 4.74 Å². The van der Waals surface area contributed by atoms with Gasteiger partial charge in [-0.3, -0.25) is 4.79 Å². The van der Waals surface area contributed by atoms with Gasteiger partial charge in [0.15, 0.2) is 0 Å². The van der Waals surface area contributed by atoms with Gasteiger partial charge >= 0.3 is 5.97 Å². The molecule has 2 saturated carbocycles. The second-order valence-electron chi connectivity index (χ2n) is 6.27. The summed E-state index contributed by atoms with van der Waals surface area (Å²) in [5.41, 5.74) is 0.0351. The van der Waals surface area contributed by atoms with E-state index in [1.54, 1.807) is 0 Å². The van der Waals surface area contributed by atoms with E-state index in [0.717, 1.165) is 5.92 Å². The topological polar surface area (TPSA) is 26.3 Å². The van der Waals surface area contributed by atoms with Crippen molar-refractivity contribution in [2.24, 2.45) is 11.3 Å². The zero-order valence-corrected chi connectivity index (χ0v) is 10.1. The highest BCUT2D eigenvalue weighted by molar-refractivity contribution is 5.71. The zero-order chi connectivity index (χ0) is 11.1. The molecule has 0 aromatic rings. The molecule has 2 atom stereocenters. The summed E-state index contributed by atoms with van der Waals surface area (Å²) in [5.74, 6) is 0.839. The summed E-state index contributed by atoms with van der Waals surface area (Å²) in [7, 11) is 0. The van der Waals surface area contributed by atoms with Crippen LogP contribution in [0.15, 0.2) is 0 Å². The van der Waals surface area contributed by atoms with Crippen LogP contribution < -0.4 is 0 Å². The Hall–Kier alpha value is -0.530. The molecule has 0 radical (unpaired) electrons. The van der Waals surface area contributed by atoms with E-state index in [2.05, 4.69) is 0 Å². The number of hydrogen-bond donors (Lipinski definition) is 0. The summed E-state index contributed by atoms with van der Waals surface area (Å²) < 4.78 is 5.39. The molecule has 2 unspecified atom stereocenters. The minimum atomic E-state index is -0.327.